The van der Waals surface area contributed by atoms with Gasteiger partial charge in [0.05, 0.1) is 27.8 Å². The van der Waals surface area contributed by atoms with E-state index in [4.69, 9.17) is 4.99 Å². The summed E-state index contributed by atoms with van der Waals surface area (Å²) in [5, 5.41) is 13.8. The third kappa shape index (κ3) is 6.48. The van der Waals surface area contributed by atoms with Crippen LogP contribution in [0, 0.1) is 0 Å². The van der Waals surface area contributed by atoms with Crippen molar-refractivity contribution in [2.75, 3.05) is 0 Å². The molecule has 3 heterocycles. The number of nitrogens with one attached hydrogen (secondary N) is 1. The number of hydrogen-bond donors (Lipinski definition) is 1. The Morgan fingerprint density at radius 2 is 0.956 bits per heavy atom. The van der Waals surface area contributed by atoms with Crippen LogP contribution in [0.25, 0.3) is 82.2 Å². The molecule has 10 aromatic carbocycles. The number of hydrogen-bond acceptors (Lipinski definition) is 2. The third-order valence-corrected chi connectivity index (χ3v) is 14.1. The maximum atomic E-state index is 5.44. The lowest BCUT2D eigenvalue weighted by Crippen LogP contribution is -2.36. The van der Waals surface area contributed by atoms with E-state index in [1.807, 2.05) is 12.1 Å². The predicted molar refractivity (Wildman–Crippen MR) is 286 cm³/mol. The lowest BCUT2D eigenvalue weighted by molar-refractivity contribution is 0.453. The summed E-state index contributed by atoms with van der Waals surface area (Å²) in [5.74, 6) is 0. The van der Waals surface area contributed by atoms with Crippen LogP contribution in [0.5, 0.6) is 0 Å². The van der Waals surface area contributed by atoms with E-state index >= 15 is 0 Å². The third-order valence-electron chi connectivity index (χ3n) is 14.1. The standard InChI is InChI=1S/C64H46N4/c1-42-37-58(44-17-5-3-6-18-44)65-64(2,66-63(42)45-19-7-4-8-20-45)48-32-29-43(30-33-48)38-47-39-46-31-34-49(40-56(46)52-22-10-9-21-51(47)52)68-61-28-16-13-25-55(61)57-41-50(35-36-62(57)68)67-59-26-14-11-23-53(59)54-24-12-15-27-60(54)67/h3-37,39-41,65H,1,38H2,2H3. The second-order valence-electron chi connectivity index (χ2n) is 18.3. The van der Waals surface area contributed by atoms with E-state index in [1.165, 1.54) is 76.3 Å². The second kappa shape index (κ2) is 15.7. The molecule has 0 spiro atoms. The van der Waals surface area contributed by atoms with Gasteiger partial charge < -0.3 is 14.5 Å². The normalized spacial score (nSPS) is 15.3. The maximum Gasteiger partial charge on any atom is 0.153 e. The highest BCUT2D eigenvalue weighted by Gasteiger charge is 2.31. The van der Waals surface area contributed by atoms with E-state index in [9.17, 15) is 0 Å². The van der Waals surface area contributed by atoms with E-state index in [0.29, 0.717) is 0 Å². The molecule has 1 N–H and O–H groups in total. The predicted octanol–water partition coefficient (Wildman–Crippen LogP) is 15.6. The van der Waals surface area contributed by atoms with Crippen molar-refractivity contribution in [3.8, 4) is 11.4 Å². The highest BCUT2D eigenvalue weighted by molar-refractivity contribution is 6.16. The summed E-state index contributed by atoms with van der Waals surface area (Å²) in [4.78, 5) is 5.44. The summed E-state index contributed by atoms with van der Waals surface area (Å²) < 4.78 is 4.85. The minimum absolute atomic E-state index is 0.747. The molecule has 4 nitrogen and oxygen atoms in total. The molecular weight excluding hydrogens is 825 g/mol. The molecule has 1 atom stereocenters. The van der Waals surface area contributed by atoms with Gasteiger partial charge in [0, 0.05) is 44.2 Å². The van der Waals surface area contributed by atoms with Crippen molar-refractivity contribution in [2.24, 2.45) is 4.99 Å². The summed E-state index contributed by atoms with van der Waals surface area (Å²) in [6.45, 7) is 6.65. The van der Waals surface area contributed by atoms with Gasteiger partial charge in [-0.2, -0.15) is 0 Å². The second-order valence-corrected chi connectivity index (χ2v) is 18.3. The van der Waals surface area contributed by atoms with Crippen LogP contribution < -0.4 is 5.32 Å². The van der Waals surface area contributed by atoms with E-state index in [0.717, 1.165) is 51.5 Å². The SMILES string of the molecule is C=C1C=C(c2ccccc2)NC(C)(c2ccc(Cc3cc4ccc(-n5c6ccccc6c6cc(-n7c8ccccc8c8ccccc87)ccc65)cc4c4ccccc34)cc2)N=C1c1ccccc1. The van der Waals surface area contributed by atoms with E-state index in [2.05, 4.69) is 246 Å². The molecule has 1 unspecified atom stereocenters. The highest BCUT2D eigenvalue weighted by Crippen LogP contribution is 2.39. The lowest BCUT2D eigenvalue weighted by atomic mass is 9.92. The molecular formula is C64H46N4. The Morgan fingerprint density at radius 3 is 1.59 bits per heavy atom. The number of allylic oxidation sites excluding steroid dienone is 2. The zero-order valence-electron chi connectivity index (χ0n) is 37.7. The summed E-state index contributed by atoms with van der Waals surface area (Å²) in [5.41, 5.74) is 14.9. The molecule has 322 valence electrons. The number of para-hydroxylation sites is 3. The average molecular weight is 871 g/mol. The maximum absolute atomic E-state index is 5.44. The average Bonchev–Trinajstić information content (AvgIpc) is 3.86. The van der Waals surface area contributed by atoms with E-state index < -0.39 is 5.66 Å². The Balaban J connectivity index is 0.871. The van der Waals surface area contributed by atoms with Crippen molar-refractivity contribution in [3.63, 3.8) is 0 Å². The first-order chi connectivity index (χ1) is 33.5. The van der Waals surface area contributed by atoms with Crippen molar-refractivity contribution in [1.82, 2.24) is 14.5 Å². The van der Waals surface area contributed by atoms with Gasteiger partial charge in [0.1, 0.15) is 0 Å². The molecule has 1 aliphatic rings. The van der Waals surface area contributed by atoms with Crippen molar-refractivity contribution in [2.45, 2.75) is 19.0 Å². The zero-order chi connectivity index (χ0) is 45.3. The number of rotatable bonds is 7. The van der Waals surface area contributed by atoms with Crippen LogP contribution in [-0.2, 0) is 12.1 Å². The molecule has 0 saturated heterocycles. The Bertz CT molecular complexity index is 3990. The number of aromatic nitrogens is 2. The van der Waals surface area contributed by atoms with Gasteiger partial charge in [0.15, 0.2) is 5.66 Å². The zero-order valence-corrected chi connectivity index (χ0v) is 37.7. The summed E-state index contributed by atoms with van der Waals surface area (Å²) >= 11 is 0. The van der Waals surface area contributed by atoms with E-state index in [1.54, 1.807) is 0 Å². The molecule has 2 aromatic heterocycles. The molecule has 4 heteroatoms. The number of aliphatic imine (C=N–C) groups is 1. The van der Waals surface area contributed by atoms with Crippen molar-refractivity contribution in [1.29, 1.82) is 0 Å². The summed E-state index contributed by atoms with van der Waals surface area (Å²) in [6, 6.07) is 81.3. The van der Waals surface area contributed by atoms with Crippen LogP contribution in [-0.4, -0.2) is 14.8 Å². The van der Waals surface area contributed by atoms with Crippen LogP contribution in [0.1, 0.15) is 34.7 Å². The highest BCUT2D eigenvalue weighted by atomic mass is 15.2. The monoisotopic (exact) mass is 870 g/mol. The summed E-state index contributed by atoms with van der Waals surface area (Å²) in [7, 11) is 0. The van der Waals surface area contributed by atoms with Crippen LogP contribution >= 0.6 is 0 Å². The van der Waals surface area contributed by atoms with Gasteiger partial charge in [0.2, 0.25) is 0 Å². The van der Waals surface area contributed by atoms with Gasteiger partial charge >= 0.3 is 0 Å². The number of benzene rings is 10. The van der Waals surface area contributed by atoms with Gasteiger partial charge in [-0.3, -0.25) is 4.99 Å². The fourth-order valence-corrected chi connectivity index (χ4v) is 10.8. The lowest BCUT2D eigenvalue weighted by Gasteiger charge is -2.30. The molecule has 13 rings (SSSR count). The largest absolute Gasteiger partial charge is 0.357 e. The molecule has 1 aliphatic heterocycles. The van der Waals surface area contributed by atoms with Crippen LogP contribution in [0.15, 0.2) is 248 Å². The van der Waals surface area contributed by atoms with E-state index in [-0.39, 0.29) is 0 Å². The fraction of sp³-hybridized carbons (Fsp3) is 0.0469. The first kappa shape index (κ1) is 39.6. The van der Waals surface area contributed by atoms with Crippen LogP contribution in [0.3, 0.4) is 0 Å². The first-order valence-corrected chi connectivity index (χ1v) is 23.4. The Morgan fingerprint density at radius 1 is 0.456 bits per heavy atom. The molecule has 68 heavy (non-hydrogen) atoms. The Labute approximate surface area is 395 Å². The molecule has 0 radical (unpaired) electrons. The minimum Gasteiger partial charge on any atom is -0.357 e. The molecule has 0 bridgehead atoms. The number of nitrogens with zero attached hydrogens (tertiary/aromatic N) is 3. The van der Waals surface area contributed by atoms with Gasteiger partial charge in [-0.15, -0.1) is 0 Å². The summed E-state index contributed by atoms with van der Waals surface area (Å²) in [6.07, 6.45) is 2.93. The molecule has 0 saturated carbocycles. The topological polar surface area (TPSA) is 34.2 Å². The number of fused-ring (bicyclic) bond motifs is 9. The van der Waals surface area contributed by atoms with Gasteiger partial charge in [-0.1, -0.05) is 183 Å². The van der Waals surface area contributed by atoms with Crippen LogP contribution in [0.2, 0.25) is 0 Å². The first-order valence-electron chi connectivity index (χ1n) is 23.4. The molecule has 12 aromatic rings. The Kier molecular flexibility index (Phi) is 9.16. The van der Waals surface area contributed by atoms with Gasteiger partial charge in [-0.05, 0) is 117 Å². The van der Waals surface area contributed by atoms with Gasteiger partial charge in [0.25, 0.3) is 0 Å². The minimum atomic E-state index is -0.747. The molecule has 0 fully saturated rings. The molecule has 0 amide bonds. The van der Waals surface area contributed by atoms with Crippen LogP contribution in [0.4, 0.5) is 0 Å². The van der Waals surface area contributed by atoms with Crippen molar-refractivity contribution in [3.05, 3.63) is 271 Å². The smallest absolute Gasteiger partial charge is 0.153 e. The van der Waals surface area contributed by atoms with Gasteiger partial charge in [-0.25, -0.2) is 0 Å². The van der Waals surface area contributed by atoms with Crippen molar-refractivity contribution < 1.29 is 0 Å². The fourth-order valence-electron chi connectivity index (χ4n) is 10.8. The van der Waals surface area contributed by atoms with Crippen molar-refractivity contribution >= 4 is 76.6 Å². The quantitative estimate of drug-likeness (QED) is 0.159. The Hall–Kier alpha value is -8.73. The molecule has 0 aliphatic carbocycles.